The van der Waals surface area contributed by atoms with Gasteiger partial charge >= 0.3 is 11.9 Å². The van der Waals surface area contributed by atoms with Crippen LogP contribution in [-0.4, -0.2) is 26.2 Å². The van der Waals surface area contributed by atoms with Crippen LogP contribution >= 0.6 is 0 Å². The molecule has 0 unspecified atom stereocenters. The van der Waals surface area contributed by atoms with Gasteiger partial charge in [0.25, 0.3) is 0 Å². The maximum atomic E-state index is 11.8. The van der Waals surface area contributed by atoms with Gasteiger partial charge in [0, 0.05) is 6.42 Å². The van der Waals surface area contributed by atoms with Crippen LogP contribution in [0.2, 0.25) is 0 Å². The van der Waals surface area contributed by atoms with Crippen molar-refractivity contribution < 1.29 is 19.1 Å². The number of terminal acetylenes is 1. The highest BCUT2D eigenvalue weighted by Gasteiger charge is 2.47. The molecular formula is C13H16O4. The summed E-state index contributed by atoms with van der Waals surface area (Å²) in [6.07, 6.45) is 9.38. The van der Waals surface area contributed by atoms with E-state index in [-0.39, 0.29) is 12.8 Å². The maximum Gasteiger partial charge on any atom is 0.324 e. The van der Waals surface area contributed by atoms with Crippen molar-refractivity contribution in [2.45, 2.75) is 25.7 Å². The Labute approximate surface area is 101 Å². The molecule has 92 valence electrons. The number of methoxy groups -OCH3 is 2. The first-order chi connectivity index (χ1) is 8.10. The molecule has 0 bridgehead atoms. The number of ether oxygens (including phenoxy) is 2. The summed E-state index contributed by atoms with van der Waals surface area (Å²) in [5.41, 5.74) is -0.160. The van der Waals surface area contributed by atoms with E-state index in [2.05, 4.69) is 15.4 Å². The topological polar surface area (TPSA) is 52.6 Å². The second-order valence-electron chi connectivity index (χ2n) is 4.01. The third kappa shape index (κ3) is 2.88. The monoisotopic (exact) mass is 236 g/mol. The summed E-state index contributed by atoms with van der Waals surface area (Å²) in [5.74, 6) is 1.07. The van der Waals surface area contributed by atoms with Gasteiger partial charge in [0.1, 0.15) is 0 Å². The molecule has 0 aliphatic heterocycles. The zero-order valence-electron chi connectivity index (χ0n) is 10.1. The van der Waals surface area contributed by atoms with Crippen molar-refractivity contribution in [3.05, 3.63) is 11.6 Å². The molecule has 0 saturated heterocycles. The third-order valence-corrected chi connectivity index (χ3v) is 2.83. The van der Waals surface area contributed by atoms with Gasteiger partial charge in [-0.15, -0.1) is 12.3 Å². The van der Waals surface area contributed by atoms with E-state index in [4.69, 9.17) is 6.42 Å². The molecule has 4 nitrogen and oxygen atoms in total. The van der Waals surface area contributed by atoms with Gasteiger partial charge in [0.05, 0.1) is 14.2 Å². The van der Waals surface area contributed by atoms with Gasteiger partial charge in [-0.2, -0.15) is 0 Å². The van der Waals surface area contributed by atoms with Gasteiger partial charge < -0.3 is 9.47 Å². The standard InChI is InChI=1S/C13H16O4/c1-4-8-13(11(14)16-2,12(15)17-3)9-7-10-5-6-10/h1,7H,5-6,8-9H2,2-3H3. The Hall–Kier alpha value is -1.76. The molecule has 1 fully saturated rings. The van der Waals surface area contributed by atoms with Crippen molar-refractivity contribution >= 4 is 11.9 Å². The van der Waals surface area contributed by atoms with E-state index < -0.39 is 17.4 Å². The number of hydrogen-bond acceptors (Lipinski definition) is 4. The maximum absolute atomic E-state index is 11.8. The first-order valence-electron chi connectivity index (χ1n) is 5.39. The number of rotatable bonds is 5. The highest BCUT2D eigenvalue weighted by atomic mass is 16.5. The van der Waals surface area contributed by atoms with Crippen molar-refractivity contribution in [2.75, 3.05) is 14.2 Å². The number of hydrogen-bond donors (Lipinski definition) is 0. The number of allylic oxidation sites excluding steroid dienone is 2. The summed E-state index contributed by atoms with van der Waals surface area (Å²) < 4.78 is 9.36. The van der Waals surface area contributed by atoms with Crippen LogP contribution in [-0.2, 0) is 19.1 Å². The lowest BCUT2D eigenvalue weighted by atomic mass is 9.81. The molecule has 1 rings (SSSR count). The van der Waals surface area contributed by atoms with Crippen LogP contribution in [0.25, 0.3) is 0 Å². The molecule has 0 aromatic carbocycles. The van der Waals surface area contributed by atoms with Gasteiger partial charge in [-0.3, -0.25) is 9.59 Å². The van der Waals surface area contributed by atoms with Crippen molar-refractivity contribution in [2.24, 2.45) is 5.41 Å². The number of carbonyl (C=O) groups excluding carboxylic acids is 2. The molecule has 1 aliphatic carbocycles. The van der Waals surface area contributed by atoms with E-state index in [9.17, 15) is 9.59 Å². The van der Waals surface area contributed by atoms with Crippen LogP contribution in [0.5, 0.6) is 0 Å². The lowest BCUT2D eigenvalue weighted by molar-refractivity contribution is -0.168. The highest BCUT2D eigenvalue weighted by Crippen LogP contribution is 2.35. The smallest absolute Gasteiger partial charge is 0.324 e. The normalized spacial score (nSPS) is 13.6. The van der Waals surface area contributed by atoms with Crippen molar-refractivity contribution in [1.82, 2.24) is 0 Å². The van der Waals surface area contributed by atoms with Crippen molar-refractivity contribution in [1.29, 1.82) is 0 Å². The first-order valence-corrected chi connectivity index (χ1v) is 5.39. The van der Waals surface area contributed by atoms with E-state index in [1.165, 1.54) is 19.8 Å². The van der Waals surface area contributed by atoms with Gasteiger partial charge in [0.2, 0.25) is 0 Å². The fourth-order valence-electron chi connectivity index (χ4n) is 1.63. The SMILES string of the molecule is C#CCC(CC=C1CC1)(C(=O)OC)C(=O)OC. The Morgan fingerprint density at radius 3 is 2.24 bits per heavy atom. The van der Waals surface area contributed by atoms with Crippen LogP contribution in [0, 0.1) is 17.8 Å². The minimum atomic E-state index is -1.40. The molecule has 0 aromatic rings. The Kier molecular flexibility index (Phi) is 4.33. The fourth-order valence-corrected chi connectivity index (χ4v) is 1.63. The molecule has 0 aromatic heterocycles. The Bertz CT molecular complexity index is 365. The molecule has 0 N–H and O–H groups in total. The number of carbonyl (C=O) groups is 2. The molecule has 0 amide bonds. The first kappa shape index (κ1) is 13.3. The summed E-state index contributed by atoms with van der Waals surface area (Å²) in [5, 5.41) is 0. The van der Waals surface area contributed by atoms with Crippen LogP contribution in [0.1, 0.15) is 25.7 Å². The molecule has 0 spiro atoms. The van der Waals surface area contributed by atoms with Crippen LogP contribution in [0.15, 0.2) is 11.6 Å². The van der Waals surface area contributed by atoms with Crippen LogP contribution < -0.4 is 0 Å². The summed E-state index contributed by atoms with van der Waals surface area (Å²) in [4.78, 5) is 23.6. The predicted octanol–water partition coefficient (Wildman–Crippen LogP) is 1.45. The Morgan fingerprint density at radius 1 is 1.35 bits per heavy atom. The molecule has 0 atom stereocenters. The van der Waals surface area contributed by atoms with E-state index in [1.54, 1.807) is 0 Å². The van der Waals surface area contributed by atoms with Crippen LogP contribution in [0.4, 0.5) is 0 Å². The van der Waals surface area contributed by atoms with Crippen molar-refractivity contribution in [3.8, 4) is 12.3 Å². The molecular weight excluding hydrogens is 220 g/mol. The van der Waals surface area contributed by atoms with Gasteiger partial charge in [-0.05, 0) is 19.3 Å². The molecule has 1 saturated carbocycles. The third-order valence-electron chi connectivity index (χ3n) is 2.83. The second-order valence-corrected chi connectivity index (χ2v) is 4.01. The molecule has 17 heavy (non-hydrogen) atoms. The van der Waals surface area contributed by atoms with E-state index >= 15 is 0 Å². The lowest BCUT2D eigenvalue weighted by Crippen LogP contribution is -2.40. The second kappa shape index (κ2) is 5.53. The molecule has 4 heteroatoms. The van der Waals surface area contributed by atoms with Gasteiger partial charge in [-0.25, -0.2) is 0 Å². The summed E-state index contributed by atoms with van der Waals surface area (Å²) in [6.45, 7) is 0. The summed E-state index contributed by atoms with van der Waals surface area (Å²) in [7, 11) is 2.47. The lowest BCUT2D eigenvalue weighted by Gasteiger charge is -2.24. The zero-order valence-corrected chi connectivity index (χ0v) is 10.1. The zero-order chi connectivity index (χ0) is 12.9. The van der Waals surface area contributed by atoms with E-state index in [0.29, 0.717) is 0 Å². The Morgan fingerprint density at radius 2 is 1.88 bits per heavy atom. The molecule has 0 radical (unpaired) electrons. The fraction of sp³-hybridized carbons (Fsp3) is 0.538. The minimum absolute atomic E-state index is 0.0177. The largest absolute Gasteiger partial charge is 0.468 e. The summed E-state index contributed by atoms with van der Waals surface area (Å²) in [6, 6.07) is 0. The average Bonchev–Trinajstić information content (AvgIpc) is 3.16. The van der Waals surface area contributed by atoms with E-state index in [1.807, 2.05) is 6.08 Å². The molecule has 0 heterocycles. The van der Waals surface area contributed by atoms with Gasteiger partial charge in [0.15, 0.2) is 5.41 Å². The minimum Gasteiger partial charge on any atom is -0.468 e. The quantitative estimate of drug-likeness (QED) is 0.314. The Balaban J connectivity index is 3.00. The number of esters is 2. The summed E-state index contributed by atoms with van der Waals surface area (Å²) >= 11 is 0. The molecule has 1 aliphatic rings. The highest BCUT2D eigenvalue weighted by molar-refractivity contribution is 6.00. The van der Waals surface area contributed by atoms with Gasteiger partial charge in [-0.1, -0.05) is 11.6 Å². The average molecular weight is 236 g/mol. The van der Waals surface area contributed by atoms with Crippen molar-refractivity contribution in [3.63, 3.8) is 0 Å². The predicted molar refractivity (Wildman–Crippen MR) is 61.8 cm³/mol. The van der Waals surface area contributed by atoms with Crippen LogP contribution in [0.3, 0.4) is 0 Å². The van der Waals surface area contributed by atoms with E-state index in [0.717, 1.165) is 12.8 Å².